The van der Waals surface area contributed by atoms with Gasteiger partial charge < -0.3 is 5.32 Å². The second kappa shape index (κ2) is 7.28. The highest BCUT2D eigenvalue weighted by atomic mass is 79.9. The van der Waals surface area contributed by atoms with Crippen LogP contribution in [0.2, 0.25) is 0 Å². The minimum Gasteiger partial charge on any atom is -0.383 e. The number of sulfone groups is 1. The van der Waals surface area contributed by atoms with E-state index >= 15 is 0 Å². The zero-order chi connectivity index (χ0) is 12.7. The number of halogens is 1. The third-order valence-electron chi connectivity index (χ3n) is 2.03. The highest BCUT2D eigenvalue weighted by Crippen LogP contribution is 2.20. The molecule has 0 fully saturated rings. The Kier molecular flexibility index (Phi) is 6.37. The highest BCUT2D eigenvalue weighted by Gasteiger charge is 2.01. The monoisotopic (exact) mass is 337 g/mol. The Morgan fingerprint density at radius 1 is 1.29 bits per heavy atom. The standard InChI is InChI=1S/C11H16BrNO2S2/c1-17(14,15)9-8-16-7-6-13-11-5-3-2-4-10(11)12/h2-5,13H,6-9H2,1H3. The molecule has 0 aliphatic heterocycles. The fraction of sp³-hybridized carbons (Fsp3) is 0.455. The first kappa shape index (κ1) is 14.9. The van der Waals surface area contributed by atoms with Crippen LogP contribution < -0.4 is 5.32 Å². The van der Waals surface area contributed by atoms with Crippen LogP contribution >= 0.6 is 27.7 Å². The molecule has 0 bridgehead atoms. The van der Waals surface area contributed by atoms with Crippen LogP contribution in [0.1, 0.15) is 0 Å². The average Bonchev–Trinajstić information content (AvgIpc) is 2.24. The van der Waals surface area contributed by atoms with Gasteiger partial charge in [0.25, 0.3) is 0 Å². The van der Waals surface area contributed by atoms with Gasteiger partial charge in [-0.1, -0.05) is 12.1 Å². The number of thioether (sulfide) groups is 1. The molecule has 1 aromatic rings. The maximum absolute atomic E-state index is 10.9. The van der Waals surface area contributed by atoms with E-state index in [1.807, 2.05) is 24.3 Å². The number of nitrogens with one attached hydrogen (secondary N) is 1. The summed E-state index contributed by atoms with van der Waals surface area (Å²) in [6.45, 7) is 0.830. The smallest absolute Gasteiger partial charge is 0.148 e. The Balaban J connectivity index is 2.15. The molecular formula is C11H16BrNO2S2. The van der Waals surface area contributed by atoms with Gasteiger partial charge in [-0.25, -0.2) is 8.42 Å². The first-order valence-corrected chi connectivity index (χ1v) is 9.24. The van der Waals surface area contributed by atoms with Crippen LogP contribution in [-0.2, 0) is 9.84 Å². The van der Waals surface area contributed by atoms with Crippen molar-refractivity contribution in [1.29, 1.82) is 0 Å². The van der Waals surface area contributed by atoms with Gasteiger partial charge in [-0.2, -0.15) is 11.8 Å². The van der Waals surface area contributed by atoms with Gasteiger partial charge >= 0.3 is 0 Å². The molecule has 0 saturated carbocycles. The molecule has 0 atom stereocenters. The van der Waals surface area contributed by atoms with Crippen molar-refractivity contribution < 1.29 is 8.42 Å². The van der Waals surface area contributed by atoms with Crippen molar-refractivity contribution in [3.63, 3.8) is 0 Å². The molecular weight excluding hydrogens is 322 g/mol. The van der Waals surface area contributed by atoms with E-state index < -0.39 is 9.84 Å². The summed E-state index contributed by atoms with van der Waals surface area (Å²) >= 11 is 5.10. The molecule has 1 N–H and O–H groups in total. The van der Waals surface area contributed by atoms with Crippen molar-refractivity contribution in [2.45, 2.75) is 0 Å². The van der Waals surface area contributed by atoms with Gasteiger partial charge in [-0.05, 0) is 28.1 Å². The first-order valence-electron chi connectivity index (χ1n) is 5.23. The van der Waals surface area contributed by atoms with E-state index in [0.717, 1.165) is 22.5 Å². The second-order valence-corrected chi connectivity index (χ2v) is 7.99. The number of benzene rings is 1. The van der Waals surface area contributed by atoms with Crippen LogP contribution in [0.4, 0.5) is 5.69 Å². The van der Waals surface area contributed by atoms with Crippen LogP contribution in [0.25, 0.3) is 0 Å². The fourth-order valence-electron chi connectivity index (χ4n) is 1.17. The Labute approximate surface area is 115 Å². The minimum atomic E-state index is -2.82. The van der Waals surface area contributed by atoms with Crippen LogP contribution in [0.5, 0.6) is 0 Å². The Hall–Kier alpha value is -0.200. The van der Waals surface area contributed by atoms with E-state index in [0.29, 0.717) is 5.75 Å². The van der Waals surface area contributed by atoms with Crippen LogP contribution in [-0.4, -0.2) is 38.5 Å². The number of para-hydroxylation sites is 1. The minimum absolute atomic E-state index is 0.257. The quantitative estimate of drug-likeness (QED) is 0.777. The van der Waals surface area contributed by atoms with Crippen molar-refractivity contribution in [2.75, 3.05) is 35.4 Å². The van der Waals surface area contributed by atoms with E-state index in [2.05, 4.69) is 21.2 Å². The lowest BCUT2D eigenvalue weighted by atomic mass is 10.3. The maximum atomic E-state index is 10.9. The molecule has 17 heavy (non-hydrogen) atoms. The van der Waals surface area contributed by atoms with Gasteiger partial charge in [0.05, 0.1) is 5.75 Å². The van der Waals surface area contributed by atoms with Gasteiger partial charge in [-0.15, -0.1) is 0 Å². The largest absolute Gasteiger partial charge is 0.383 e. The lowest BCUT2D eigenvalue weighted by Gasteiger charge is -2.07. The number of rotatable bonds is 7. The lowest BCUT2D eigenvalue weighted by Crippen LogP contribution is -2.08. The number of anilines is 1. The van der Waals surface area contributed by atoms with Gasteiger partial charge in [0.15, 0.2) is 0 Å². The Bertz CT molecular complexity index is 449. The molecule has 6 heteroatoms. The Morgan fingerprint density at radius 3 is 2.65 bits per heavy atom. The van der Waals surface area contributed by atoms with Crippen LogP contribution in [0, 0.1) is 0 Å². The van der Waals surface area contributed by atoms with E-state index in [4.69, 9.17) is 0 Å². The second-order valence-electron chi connectivity index (χ2n) is 3.65. The molecule has 1 rings (SSSR count). The van der Waals surface area contributed by atoms with Gasteiger partial charge in [0.2, 0.25) is 0 Å². The molecule has 0 aliphatic rings. The fourth-order valence-corrected chi connectivity index (χ4v) is 3.73. The molecule has 0 aromatic heterocycles. The molecule has 0 saturated heterocycles. The summed E-state index contributed by atoms with van der Waals surface area (Å²) < 4.78 is 22.8. The Morgan fingerprint density at radius 2 is 2.00 bits per heavy atom. The SMILES string of the molecule is CS(=O)(=O)CCSCCNc1ccccc1Br. The summed E-state index contributed by atoms with van der Waals surface area (Å²) in [5.74, 6) is 1.82. The summed E-state index contributed by atoms with van der Waals surface area (Å²) in [5.41, 5.74) is 1.07. The van der Waals surface area contributed by atoms with Crippen molar-refractivity contribution in [3.8, 4) is 0 Å². The summed E-state index contributed by atoms with van der Waals surface area (Å²) in [7, 11) is -2.82. The molecule has 0 aliphatic carbocycles. The van der Waals surface area contributed by atoms with Crippen molar-refractivity contribution in [3.05, 3.63) is 28.7 Å². The highest BCUT2D eigenvalue weighted by molar-refractivity contribution is 9.10. The zero-order valence-electron chi connectivity index (χ0n) is 9.65. The molecule has 0 heterocycles. The molecule has 96 valence electrons. The molecule has 0 spiro atoms. The zero-order valence-corrected chi connectivity index (χ0v) is 12.9. The topological polar surface area (TPSA) is 46.2 Å². The molecule has 0 unspecified atom stereocenters. The van der Waals surface area contributed by atoms with Crippen molar-refractivity contribution in [2.24, 2.45) is 0 Å². The van der Waals surface area contributed by atoms with Crippen LogP contribution in [0.15, 0.2) is 28.7 Å². The summed E-state index contributed by atoms with van der Waals surface area (Å²) in [5, 5.41) is 3.29. The van der Waals surface area contributed by atoms with Gasteiger partial charge in [0, 0.05) is 34.5 Å². The normalized spacial score (nSPS) is 11.4. The molecule has 3 nitrogen and oxygen atoms in total. The maximum Gasteiger partial charge on any atom is 0.148 e. The predicted octanol–water partition coefficient (Wildman–Crippen LogP) is 2.64. The molecule has 0 radical (unpaired) electrons. The molecule has 0 amide bonds. The van der Waals surface area contributed by atoms with Gasteiger partial charge in [-0.3, -0.25) is 0 Å². The first-order chi connectivity index (χ1) is 7.99. The summed E-state index contributed by atoms with van der Waals surface area (Å²) in [6, 6.07) is 7.93. The summed E-state index contributed by atoms with van der Waals surface area (Å²) in [4.78, 5) is 0. The van der Waals surface area contributed by atoms with Gasteiger partial charge in [0.1, 0.15) is 9.84 Å². The third-order valence-corrected chi connectivity index (χ3v) is 4.92. The van der Waals surface area contributed by atoms with E-state index in [9.17, 15) is 8.42 Å². The average molecular weight is 338 g/mol. The van der Waals surface area contributed by atoms with E-state index in [-0.39, 0.29) is 5.75 Å². The van der Waals surface area contributed by atoms with Crippen molar-refractivity contribution >= 4 is 43.2 Å². The van der Waals surface area contributed by atoms with Crippen LogP contribution in [0.3, 0.4) is 0 Å². The van der Waals surface area contributed by atoms with Crippen molar-refractivity contribution in [1.82, 2.24) is 0 Å². The molecule has 1 aromatic carbocycles. The summed E-state index contributed by atoms with van der Waals surface area (Å²) in [6.07, 6.45) is 1.27. The lowest BCUT2D eigenvalue weighted by molar-refractivity contribution is 0.603. The van der Waals surface area contributed by atoms with E-state index in [1.165, 1.54) is 6.26 Å². The third kappa shape index (κ3) is 6.95. The predicted molar refractivity (Wildman–Crippen MR) is 79.7 cm³/mol. The number of hydrogen-bond acceptors (Lipinski definition) is 4. The van der Waals surface area contributed by atoms with E-state index in [1.54, 1.807) is 11.8 Å². The number of hydrogen-bond donors (Lipinski definition) is 1.